The van der Waals surface area contributed by atoms with Gasteiger partial charge in [-0.05, 0) is 32.9 Å². The molecule has 2 rings (SSSR count). The van der Waals surface area contributed by atoms with Gasteiger partial charge in [-0.2, -0.15) is 28.4 Å². The molecule has 13 nitrogen and oxygen atoms in total. The number of nitrogens with one attached hydrogen (secondary N) is 1. The fourth-order valence-corrected chi connectivity index (χ4v) is 3.56. The zero-order valence-electron chi connectivity index (χ0n) is 18.9. The quantitative estimate of drug-likeness (QED) is 0.263. The molecular formula is C19H24N6O7S. The number of guanidine groups is 1. The fraction of sp³-hybridized carbons (Fsp3) is 0.368. The second kappa shape index (κ2) is 10.8. The molecule has 1 N–H and O–H groups in total. The summed E-state index contributed by atoms with van der Waals surface area (Å²) in [5.74, 6) is -2.04. The summed E-state index contributed by atoms with van der Waals surface area (Å²) < 4.78 is 39.7. The Hall–Kier alpha value is -3.65. The molecule has 0 atom stereocenters. The first-order chi connectivity index (χ1) is 15.5. The number of methoxy groups -OCH3 is 2. The minimum atomic E-state index is -4.56. The van der Waals surface area contributed by atoms with E-state index < -0.39 is 38.9 Å². The summed E-state index contributed by atoms with van der Waals surface area (Å²) in [6, 6.07) is 5.28. The molecule has 0 bridgehead atoms. The van der Waals surface area contributed by atoms with Gasteiger partial charge in [0, 0.05) is 6.92 Å². The van der Waals surface area contributed by atoms with Gasteiger partial charge in [0.25, 0.3) is 15.9 Å². The Morgan fingerprint density at radius 3 is 2.36 bits per heavy atom. The summed E-state index contributed by atoms with van der Waals surface area (Å²) in [4.78, 5) is 41.3. The highest BCUT2D eigenvalue weighted by Crippen LogP contribution is 2.20. The van der Waals surface area contributed by atoms with Crippen LogP contribution in [-0.4, -0.2) is 66.6 Å². The number of hydrogen-bond acceptors (Lipinski definition) is 10. The second-order valence-electron chi connectivity index (χ2n) is 6.66. The predicted molar refractivity (Wildman–Crippen MR) is 116 cm³/mol. The number of carbonyl (C=O) groups is 2. The number of aromatic nitrogens is 3. The Labute approximate surface area is 190 Å². The van der Waals surface area contributed by atoms with Crippen LogP contribution in [0.15, 0.2) is 33.6 Å². The summed E-state index contributed by atoms with van der Waals surface area (Å²) >= 11 is 0. The number of aryl methyl sites for hydroxylation is 1. The number of nitrogens with zero attached hydrogens (tertiary/aromatic N) is 5. The van der Waals surface area contributed by atoms with Crippen LogP contribution in [-0.2, 0) is 24.4 Å². The normalized spacial score (nSPS) is 11.8. The van der Waals surface area contributed by atoms with Crippen molar-refractivity contribution in [1.82, 2.24) is 20.0 Å². The van der Waals surface area contributed by atoms with Crippen LogP contribution in [0.3, 0.4) is 0 Å². The van der Waals surface area contributed by atoms with Gasteiger partial charge in [-0.3, -0.25) is 14.9 Å². The summed E-state index contributed by atoms with van der Waals surface area (Å²) in [5.41, 5.74) is -0.236. The molecule has 2 aromatic rings. The van der Waals surface area contributed by atoms with Crippen molar-refractivity contribution < 1.29 is 32.3 Å². The van der Waals surface area contributed by atoms with E-state index >= 15 is 0 Å². The molecule has 33 heavy (non-hydrogen) atoms. The number of sulfonamides is 1. The van der Waals surface area contributed by atoms with Crippen molar-refractivity contribution in [2.45, 2.75) is 38.7 Å². The van der Waals surface area contributed by atoms with E-state index in [0.717, 1.165) is 14.0 Å². The highest BCUT2D eigenvalue weighted by Gasteiger charge is 2.27. The minimum absolute atomic E-state index is 0.0533. The summed E-state index contributed by atoms with van der Waals surface area (Å²) in [5, 5.41) is 3.21. The molecule has 178 valence electrons. The van der Waals surface area contributed by atoms with Gasteiger partial charge in [-0.25, -0.2) is 4.79 Å². The maximum Gasteiger partial charge on any atom is 0.339 e. The van der Waals surface area contributed by atoms with Crippen molar-refractivity contribution in [2.24, 2.45) is 4.40 Å². The first-order valence-corrected chi connectivity index (χ1v) is 11.0. The number of esters is 1. The predicted octanol–water partition coefficient (Wildman–Crippen LogP) is 1.32. The number of anilines is 1. The maximum atomic E-state index is 13.2. The Balaban J connectivity index is 2.68. The van der Waals surface area contributed by atoms with Crippen LogP contribution in [0.2, 0.25) is 0 Å². The van der Waals surface area contributed by atoms with Gasteiger partial charge in [0.15, 0.2) is 0 Å². The molecule has 0 saturated heterocycles. The summed E-state index contributed by atoms with van der Waals surface area (Å²) in [6.07, 6.45) is -0.527. The Kier molecular flexibility index (Phi) is 8.37. The van der Waals surface area contributed by atoms with Gasteiger partial charge in [-0.15, -0.1) is 4.40 Å². The average Bonchev–Trinajstić information content (AvgIpc) is 2.75. The van der Waals surface area contributed by atoms with E-state index in [1.807, 2.05) is 0 Å². The van der Waals surface area contributed by atoms with Gasteiger partial charge in [0.1, 0.15) is 10.7 Å². The van der Waals surface area contributed by atoms with Gasteiger partial charge in [0.2, 0.25) is 11.9 Å². The van der Waals surface area contributed by atoms with E-state index in [4.69, 9.17) is 9.57 Å². The van der Waals surface area contributed by atoms with Gasteiger partial charge in [-0.1, -0.05) is 12.1 Å². The molecule has 0 aliphatic heterocycles. The van der Waals surface area contributed by atoms with Crippen LogP contribution >= 0.6 is 0 Å². The molecule has 0 radical (unpaired) electrons. The lowest BCUT2D eigenvalue weighted by Gasteiger charge is -2.24. The lowest BCUT2D eigenvalue weighted by molar-refractivity contribution is -0.171. The number of hydroxylamine groups is 2. The number of rotatable bonds is 7. The number of hydrogen-bond donors (Lipinski definition) is 1. The molecule has 0 aliphatic carbocycles. The van der Waals surface area contributed by atoms with Crippen molar-refractivity contribution in [3.05, 3.63) is 35.7 Å². The smallest absolute Gasteiger partial charge is 0.339 e. The van der Waals surface area contributed by atoms with Gasteiger partial charge >= 0.3 is 12.0 Å². The Morgan fingerprint density at radius 2 is 1.79 bits per heavy atom. The van der Waals surface area contributed by atoms with Crippen molar-refractivity contribution in [2.75, 3.05) is 19.5 Å². The minimum Gasteiger partial charge on any atom is -0.467 e. The molecule has 0 saturated carbocycles. The van der Waals surface area contributed by atoms with Crippen LogP contribution in [0.5, 0.6) is 6.01 Å². The lowest BCUT2D eigenvalue weighted by Crippen LogP contribution is -2.42. The standard InChI is InChI=1S/C19H24N6O7S/c1-11(2)32-25(13(4)26)18(22-17-20-12(3)21-19(23-17)31-6)24-33(28,29)15-10-8-7-9-14(15)16(27)30-5/h7-11H,1-6H3,(H,20,21,22,23,24). The molecule has 0 fully saturated rings. The maximum absolute atomic E-state index is 13.2. The molecule has 0 spiro atoms. The Morgan fingerprint density at radius 1 is 1.12 bits per heavy atom. The van der Waals surface area contributed by atoms with Crippen LogP contribution in [0, 0.1) is 6.92 Å². The first kappa shape index (κ1) is 25.6. The van der Waals surface area contributed by atoms with E-state index in [0.29, 0.717) is 5.06 Å². The SMILES string of the molecule is COC(=O)c1ccccc1S(=O)(=O)N=C(Nc1nc(C)nc(OC)n1)N(OC(C)C)C(C)=O. The monoisotopic (exact) mass is 480 g/mol. The van der Waals surface area contributed by atoms with Gasteiger partial charge < -0.3 is 9.47 Å². The van der Waals surface area contributed by atoms with E-state index in [1.165, 1.54) is 31.4 Å². The molecule has 1 aromatic carbocycles. The third kappa shape index (κ3) is 6.66. The molecule has 1 heterocycles. The third-order valence-corrected chi connectivity index (χ3v) is 5.03. The van der Waals surface area contributed by atoms with Crippen LogP contribution in [0.1, 0.15) is 37.0 Å². The molecular weight excluding hydrogens is 456 g/mol. The molecule has 0 unspecified atom stereocenters. The van der Waals surface area contributed by atoms with Crippen molar-refractivity contribution in [1.29, 1.82) is 0 Å². The van der Waals surface area contributed by atoms with Crippen LogP contribution in [0.4, 0.5) is 5.95 Å². The average molecular weight is 481 g/mol. The number of ether oxygens (including phenoxy) is 2. The zero-order chi connectivity index (χ0) is 24.8. The van der Waals surface area contributed by atoms with E-state index in [2.05, 4.69) is 29.4 Å². The second-order valence-corrected chi connectivity index (χ2v) is 8.24. The first-order valence-electron chi connectivity index (χ1n) is 9.52. The fourth-order valence-electron chi connectivity index (χ4n) is 2.43. The highest BCUT2D eigenvalue weighted by atomic mass is 32.2. The van der Waals surface area contributed by atoms with Crippen molar-refractivity contribution >= 4 is 33.8 Å². The summed E-state index contributed by atoms with van der Waals surface area (Å²) in [6.45, 7) is 5.96. The van der Waals surface area contributed by atoms with Crippen molar-refractivity contribution in [3.8, 4) is 6.01 Å². The number of benzene rings is 1. The third-order valence-electron chi connectivity index (χ3n) is 3.70. The van der Waals surface area contributed by atoms with Crippen molar-refractivity contribution in [3.63, 3.8) is 0 Å². The highest BCUT2D eigenvalue weighted by molar-refractivity contribution is 7.90. The van der Waals surface area contributed by atoms with E-state index in [-0.39, 0.29) is 23.3 Å². The van der Waals surface area contributed by atoms with Gasteiger partial charge in [0.05, 0.1) is 25.9 Å². The van der Waals surface area contributed by atoms with Crippen LogP contribution in [0.25, 0.3) is 0 Å². The van der Waals surface area contributed by atoms with E-state index in [1.54, 1.807) is 20.8 Å². The molecule has 0 aliphatic rings. The molecule has 1 amide bonds. The number of amides is 1. The number of carbonyl (C=O) groups excluding carboxylic acids is 2. The Bertz CT molecular complexity index is 1170. The lowest BCUT2D eigenvalue weighted by atomic mass is 10.2. The van der Waals surface area contributed by atoms with Crippen LogP contribution < -0.4 is 10.1 Å². The largest absolute Gasteiger partial charge is 0.467 e. The zero-order valence-corrected chi connectivity index (χ0v) is 19.7. The summed E-state index contributed by atoms with van der Waals surface area (Å²) in [7, 11) is -2.10. The molecule has 14 heteroatoms. The molecule has 1 aromatic heterocycles. The topological polar surface area (TPSA) is 162 Å². The van der Waals surface area contributed by atoms with E-state index in [9.17, 15) is 18.0 Å².